The van der Waals surface area contributed by atoms with Gasteiger partial charge in [0, 0.05) is 41.8 Å². The molecule has 1 aromatic heterocycles. The number of hydrogen-bond donors (Lipinski definition) is 3. The average Bonchev–Trinajstić information content (AvgIpc) is 3.41. The molecular weight excluding hydrogens is 425 g/mol. The summed E-state index contributed by atoms with van der Waals surface area (Å²) in [7, 11) is 0. The molecule has 1 saturated carbocycles. The molecule has 2 heterocycles. The smallest absolute Gasteiger partial charge is 0.341 e. The van der Waals surface area contributed by atoms with Crippen LogP contribution < -0.4 is 16.1 Å². The fourth-order valence-electron chi connectivity index (χ4n) is 4.42. The van der Waals surface area contributed by atoms with E-state index in [1.807, 2.05) is 4.90 Å². The minimum Gasteiger partial charge on any atom is -0.508 e. The molecule has 4 N–H and O–H groups in total. The van der Waals surface area contributed by atoms with Crippen molar-refractivity contribution in [1.82, 2.24) is 4.57 Å². The van der Waals surface area contributed by atoms with Crippen LogP contribution in [0.15, 0.2) is 47.4 Å². The van der Waals surface area contributed by atoms with E-state index in [2.05, 4.69) is 0 Å². The molecule has 7 nitrogen and oxygen atoms in total. The van der Waals surface area contributed by atoms with Crippen LogP contribution in [0.4, 0.5) is 10.1 Å². The maximum Gasteiger partial charge on any atom is 0.341 e. The highest BCUT2D eigenvalue weighted by Crippen LogP contribution is 2.53. The maximum atomic E-state index is 15.1. The summed E-state index contributed by atoms with van der Waals surface area (Å²) in [5.41, 5.74) is 6.39. The highest BCUT2D eigenvalue weighted by atomic mass is 35.5. The molecule has 2 fully saturated rings. The monoisotopic (exact) mass is 445 g/mol. The van der Waals surface area contributed by atoms with Gasteiger partial charge in [-0.05, 0) is 49.2 Å². The Morgan fingerprint density at radius 3 is 2.45 bits per heavy atom. The summed E-state index contributed by atoms with van der Waals surface area (Å²) in [6.07, 6.45) is 3.29. The number of carboxylic acids is 1. The molecule has 1 saturated heterocycles. The zero-order chi connectivity index (χ0) is 21.2. The minimum absolute atomic E-state index is 0. The molecule has 3 aromatic rings. The Morgan fingerprint density at radius 1 is 1.19 bits per heavy atom. The molecule has 1 unspecified atom stereocenters. The second-order valence-electron chi connectivity index (χ2n) is 8.23. The van der Waals surface area contributed by atoms with Crippen LogP contribution in [0.5, 0.6) is 5.75 Å². The molecule has 2 aliphatic rings. The normalized spacial score (nSPS) is 18.9. The second kappa shape index (κ2) is 7.25. The van der Waals surface area contributed by atoms with E-state index in [1.54, 1.807) is 18.2 Å². The zero-order valence-corrected chi connectivity index (χ0v) is 17.2. The van der Waals surface area contributed by atoms with Crippen molar-refractivity contribution in [3.63, 3.8) is 0 Å². The quantitative estimate of drug-likeness (QED) is 0.572. The van der Waals surface area contributed by atoms with Gasteiger partial charge in [-0.15, -0.1) is 12.4 Å². The van der Waals surface area contributed by atoms with Crippen molar-refractivity contribution >= 4 is 35.0 Å². The van der Waals surface area contributed by atoms with Crippen molar-refractivity contribution in [3.05, 3.63) is 64.2 Å². The molecule has 31 heavy (non-hydrogen) atoms. The lowest BCUT2D eigenvalue weighted by Gasteiger charge is -2.21. The number of nitrogens with two attached hydrogens (primary N) is 1. The molecule has 0 bridgehead atoms. The fraction of sp³-hybridized carbons (Fsp3) is 0.273. The van der Waals surface area contributed by atoms with Crippen LogP contribution in [-0.4, -0.2) is 39.9 Å². The van der Waals surface area contributed by atoms with Gasteiger partial charge >= 0.3 is 5.97 Å². The van der Waals surface area contributed by atoms with Crippen molar-refractivity contribution in [2.75, 3.05) is 18.0 Å². The van der Waals surface area contributed by atoms with Gasteiger partial charge in [0.05, 0.1) is 11.2 Å². The molecule has 5 rings (SSSR count). The molecule has 0 radical (unpaired) electrons. The Bertz CT molecular complexity index is 1250. The van der Waals surface area contributed by atoms with Crippen LogP contribution in [0, 0.1) is 11.2 Å². The first-order valence-corrected chi connectivity index (χ1v) is 9.71. The first-order chi connectivity index (χ1) is 14.3. The van der Waals surface area contributed by atoms with E-state index in [0.29, 0.717) is 30.0 Å². The molecule has 1 aliphatic carbocycles. The SMILES string of the molecule is Cl.NC1CN(c2cc3c(cc2F)c(=O)c(C(=O)O)cn3-c2ccc(O)cc2)CC12CC2. The number of aromatic carboxylic acids is 1. The Hall–Kier alpha value is -3.10. The lowest BCUT2D eigenvalue weighted by molar-refractivity contribution is 0.0695. The van der Waals surface area contributed by atoms with Gasteiger partial charge in [-0.3, -0.25) is 4.79 Å². The highest BCUT2D eigenvalue weighted by molar-refractivity contribution is 5.94. The number of fused-ring (bicyclic) bond motifs is 1. The van der Waals surface area contributed by atoms with Crippen LogP contribution in [-0.2, 0) is 0 Å². The van der Waals surface area contributed by atoms with Crippen molar-refractivity contribution in [3.8, 4) is 11.4 Å². The number of carbonyl (C=O) groups is 1. The second-order valence-corrected chi connectivity index (χ2v) is 8.23. The predicted octanol–water partition coefficient (Wildman–Crippen LogP) is 2.88. The number of halogens is 2. The highest BCUT2D eigenvalue weighted by Gasteiger charge is 2.53. The Kier molecular flexibility index (Phi) is 4.94. The standard InChI is InChI=1S/C22H20FN3O4.ClH/c23-16-7-14-17(8-18(16)25-10-19(24)22(11-25)5-6-22)26(9-15(20(14)28)21(29)30)12-1-3-13(27)4-2-12;/h1-4,7-9,19,27H,5-6,10-11,24H2,(H,29,30);1H. The summed E-state index contributed by atoms with van der Waals surface area (Å²) < 4.78 is 16.6. The Labute approximate surface area is 182 Å². The van der Waals surface area contributed by atoms with Gasteiger partial charge in [-0.25, -0.2) is 9.18 Å². The third-order valence-electron chi connectivity index (χ3n) is 6.37. The van der Waals surface area contributed by atoms with Gasteiger partial charge in [0.15, 0.2) is 0 Å². The number of phenolic OH excluding ortho intramolecular Hbond substituents is 1. The summed E-state index contributed by atoms with van der Waals surface area (Å²) in [4.78, 5) is 26.2. The van der Waals surface area contributed by atoms with Gasteiger partial charge in [0.1, 0.15) is 17.1 Å². The van der Waals surface area contributed by atoms with Gasteiger partial charge < -0.3 is 25.4 Å². The largest absolute Gasteiger partial charge is 0.508 e. The van der Waals surface area contributed by atoms with E-state index in [4.69, 9.17) is 5.73 Å². The molecule has 2 aromatic carbocycles. The first kappa shape index (κ1) is 21.1. The van der Waals surface area contributed by atoms with E-state index in [1.165, 1.54) is 22.9 Å². The number of rotatable bonds is 3. The summed E-state index contributed by atoms with van der Waals surface area (Å²) in [5.74, 6) is -1.92. The van der Waals surface area contributed by atoms with Crippen molar-refractivity contribution < 1.29 is 19.4 Å². The van der Waals surface area contributed by atoms with Gasteiger partial charge in [0.25, 0.3) is 0 Å². The number of carboxylic acid groups (broad SMARTS) is 1. The van der Waals surface area contributed by atoms with Crippen molar-refractivity contribution in [2.24, 2.45) is 11.1 Å². The minimum atomic E-state index is -1.39. The van der Waals surface area contributed by atoms with Crippen LogP contribution in [0.2, 0.25) is 0 Å². The van der Waals surface area contributed by atoms with E-state index in [0.717, 1.165) is 18.9 Å². The number of anilines is 1. The number of phenols is 1. The summed E-state index contributed by atoms with van der Waals surface area (Å²) in [5, 5.41) is 19.0. The van der Waals surface area contributed by atoms with E-state index in [-0.39, 0.29) is 35.0 Å². The van der Waals surface area contributed by atoms with Gasteiger partial charge in [-0.1, -0.05) is 0 Å². The molecule has 1 aliphatic heterocycles. The number of hydrogen-bond acceptors (Lipinski definition) is 5. The summed E-state index contributed by atoms with van der Waals surface area (Å²) in [6, 6.07) is 8.78. The molecule has 0 amide bonds. The van der Waals surface area contributed by atoms with E-state index in [9.17, 15) is 19.8 Å². The average molecular weight is 446 g/mol. The molecule has 9 heteroatoms. The Morgan fingerprint density at radius 2 is 1.87 bits per heavy atom. The van der Waals surface area contributed by atoms with Crippen molar-refractivity contribution in [2.45, 2.75) is 18.9 Å². The number of benzene rings is 2. The van der Waals surface area contributed by atoms with Crippen molar-refractivity contribution in [1.29, 1.82) is 0 Å². The number of nitrogens with zero attached hydrogens (tertiary/aromatic N) is 2. The maximum absolute atomic E-state index is 15.1. The lowest BCUT2D eigenvalue weighted by atomic mass is 10.0. The summed E-state index contributed by atoms with van der Waals surface area (Å²) >= 11 is 0. The third kappa shape index (κ3) is 3.32. The summed E-state index contributed by atoms with van der Waals surface area (Å²) in [6.45, 7) is 1.19. The first-order valence-electron chi connectivity index (χ1n) is 9.71. The lowest BCUT2D eigenvalue weighted by Crippen LogP contribution is -2.30. The molecule has 162 valence electrons. The van der Waals surface area contributed by atoms with Crippen LogP contribution in [0.3, 0.4) is 0 Å². The number of aromatic hydroxyl groups is 1. The topological polar surface area (TPSA) is 109 Å². The molecule has 1 atom stereocenters. The van der Waals surface area contributed by atoms with Gasteiger partial charge in [0.2, 0.25) is 5.43 Å². The van der Waals surface area contributed by atoms with Gasteiger partial charge in [-0.2, -0.15) is 0 Å². The van der Waals surface area contributed by atoms with Crippen LogP contribution in [0.1, 0.15) is 23.2 Å². The number of pyridine rings is 1. The zero-order valence-electron chi connectivity index (χ0n) is 16.4. The van der Waals surface area contributed by atoms with Crippen LogP contribution in [0.25, 0.3) is 16.6 Å². The predicted molar refractivity (Wildman–Crippen MR) is 117 cm³/mol. The third-order valence-corrected chi connectivity index (χ3v) is 6.37. The molecule has 1 spiro atoms. The number of aromatic nitrogens is 1. The fourth-order valence-corrected chi connectivity index (χ4v) is 4.42. The van der Waals surface area contributed by atoms with Crippen LogP contribution >= 0.6 is 12.4 Å². The Balaban J connectivity index is 0.00000231. The van der Waals surface area contributed by atoms with E-state index < -0.39 is 22.8 Å². The van der Waals surface area contributed by atoms with E-state index >= 15 is 4.39 Å². The molecular formula is C22H21ClFN3O4.